The second-order valence-corrected chi connectivity index (χ2v) is 5.14. The molecule has 1 saturated carbocycles. The van der Waals surface area contributed by atoms with Crippen LogP contribution >= 0.6 is 0 Å². The van der Waals surface area contributed by atoms with E-state index in [4.69, 9.17) is 9.47 Å². The summed E-state index contributed by atoms with van der Waals surface area (Å²) in [5, 5.41) is 23.0. The first-order valence-electron chi connectivity index (χ1n) is 6.84. The van der Waals surface area contributed by atoms with Gasteiger partial charge in [-0.3, -0.25) is 0 Å². The van der Waals surface area contributed by atoms with Gasteiger partial charge < -0.3 is 25.0 Å². The van der Waals surface area contributed by atoms with E-state index in [0.29, 0.717) is 32.9 Å². The maximum atomic E-state index is 10.2. The molecule has 18 heavy (non-hydrogen) atoms. The van der Waals surface area contributed by atoms with Crippen molar-refractivity contribution in [1.82, 2.24) is 5.32 Å². The molecule has 0 aromatic rings. The van der Waals surface area contributed by atoms with Gasteiger partial charge in [-0.05, 0) is 12.8 Å². The van der Waals surface area contributed by atoms with Gasteiger partial charge in [0.1, 0.15) is 0 Å². The van der Waals surface area contributed by atoms with Gasteiger partial charge in [0, 0.05) is 20.2 Å². The molecule has 1 aliphatic rings. The van der Waals surface area contributed by atoms with Crippen molar-refractivity contribution < 1.29 is 19.7 Å². The van der Waals surface area contributed by atoms with Gasteiger partial charge in [-0.15, -0.1) is 0 Å². The van der Waals surface area contributed by atoms with Crippen LogP contribution in [0.5, 0.6) is 0 Å². The smallest absolute Gasteiger partial charge is 0.0897 e. The predicted molar refractivity (Wildman–Crippen MR) is 69.6 cm³/mol. The molecular weight excluding hydrogens is 234 g/mol. The Bertz CT molecular complexity index is 207. The van der Waals surface area contributed by atoms with Crippen LogP contribution in [0.4, 0.5) is 0 Å². The molecule has 0 spiro atoms. The monoisotopic (exact) mass is 261 g/mol. The Labute approximate surface area is 109 Å². The molecule has 0 saturated heterocycles. The maximum absolute atomic E-state index is 10.2. The van der Waals surface area contributed by atoms with Gasteiger partial charge in [0.05, 0.1) is 31.5 Å². The highest BCUT2D eigenvalue weighted by atomic mass is 16.5. The van der Waals surface area contributed by atoms with E-state index in [9.17, 15) is 10.2 Å². The number of hydrogen-bond acceptors (Lipinski definition) is 5. The summed E-state index contributed by atoms with van der Waals surface area (Å²) in [7, 11) is 1.62. The van der Waals surface area contributed by atoms with Crippen molar-refractivity contribution in [2.75, 3.05) is 40.0 Å². The number of aliphatic hydroxyl groups excluding tert-OH is 1. The maximum Gasteiger partial charge on any atom is 0.0897 e. The van der Waals surface area contributed by atoms with E-state index in [1.54, 1.807) is 7.11 Å². The summed E-state index contributed by atoms with van der Waals surface area (Å²) < 4.78 is 10.1. The van der Waals surface area contributed by atoms with Crippen LogP contribution < -0.4 is 5.32 Å². The molecular formula is C13H27NO4. The summed E-state index contributed by atoms with van der Waals surface area (Å²) in [5.74, 6) is 0. The molecule has 1 aliphatic carbocycles. The topological polar surface area (TPSA) is 71.0 Å². The summed E-state index contributed by atoms with van der Waals surface area (Å²) in [6.07, 6.45) is 4.61. The molecule has 1 atom stereocenters. The molecule has 0 amide bonds. The first kappa shape index (κ1) is 15.9. The zero-order chi connectivity index (χ0) is 13.3. The third kappa shape index (κ3) is 6.66. The fourth-order valence-electron chi connectivity index (χ4n) is 2.28. The van der Waals surface area contributed by atoms with E-state index in [1.807, 2.05) is 0 Å². The SMILES string of the molecule is COCCOCC(O)CNCC1(O)CCCCC1. The van der Waals surface area contributed by atoms with Crippen molar-refractivity contribution in [2.45, 2.75) is 43.8 Å². The summed E-state index contributed by atoms with van der Waals surface area (Å²) in [5.41, 5.74) is -0.575. The molecule has 5 nitrogen and oxygen atoms in total. The van der Waals surface area contributed by atoms with Crippen LogP contribution in [0.15, 0.2) is 0 Å². The third-order valence-electron chi connectivity index (χ3n) is 3.36. The van der Waals surface area contributed by atoms with Gasteiger partial charge in [0.15, 0.2) is 0 Å². The van der Waals surface area contributed by atoms with Crippen LogP contribution in [-0.4, -0.2) is 61.9 Å². The lowest BCUT2D eigenvalue weighted by Gasteiger charge is -2.32. The number of hydrogen-bond donors (Lipinski definition) is 3. The largest absolute Gasteiger partial charge is 0.389 e. The standard InChI is InChI=1S/C13H27NO4/c1-17-7-8-18-10-12(15)9-14-11-13(16)5-3-2-4-6-13/h12,14-16H,2-11H2,1H3. The molecule has 0 aliphatic heterocycles. The lowest BCUT2D eigenvalue weighted by atomic mass is 9.85. The van der Waals surface area contributed by atoms with Gasteiger partial charge in [-0.2, -0.15) is 0 Å². The van der Waals surface area contributed by atoms with E-state index in [1.165, 1.54) is 6.42 Å². The molecule has 0 heterocycles. The van der Waals surface area contributed by atoms with Crippen LogP contribution in [-0.2, 0) is 9.47 Å². The van der Waals surface area contributed by atoms with Gasteiger partial charge in [-0.1, -0.05) is 19.3 Å². The number of nitrogens with one attached hydrogen (secondary N) is 1. The third-order valence-corrected chi connectivity index (χ3v) is 3.36. The number of rotatable bonds is 9. The minimum absolute atomic E-state index is 0.300. The van der Waals surface area contributed by atoms with E-state index >= 15 is 0 Å². The Balaban J connectivity index is 2.02. The zero-order valence-electron chi connectivity index (χ0n) is 11.4. The van der Waals surface area contributed by atoms with Crippen molar-refractivity contribution in [3.63, 3.8) is 0 Å². The Morgan fingerprint density at radius 2 is 1.94 bits per heavy atom. The summed E-state index contributed by atoms with van der Waals surface area (Å²) in [4.78, 5) is 0. The Hall–Kier alpha value is -0.200. The average molecular weight is 261 g/mol. The highest BCUT2D eigenvalue weighted by Crippen LogP contribution is 2.27. The minimum atomic E-state index is -0.575. The quantitative estimate of drug-likeness (QED) is 0.521. The van der Waals surface area contributed by atoms with Crippen LogP contribution in [0.2, 0.25) is 0 Å². The van der Waals surface area contributed by atoms with Crippen molar-refractivity contribution in [3.8, 4) is 0 Å². The molecule has 0 aromatic carbocycles. The molecule has 1 unspecified atom stereocenters. The Kier molecular flexibility index (Phi) is 7.77. The van der Waals surface area contributed by atoms with Crippen LogP contribution in [0.25, 0.3) is 0 Å². The molecule has 0 radical (unpaired) electrons. The first-order chi connectivity index (χ1) is 8.66. The highest BCUT2D eigenvalue weighted by Gasteiger charge is 2.28. The second-order valence-electron chi connectivity index (χ2n) is 5.14. The summed E-state index contributed by atoms with van der Waals surface area (Å²) in [6, 6.07) is 0. The fourth-order valence-corrected chi connectivity index (χ4v) is 2.28. The van der Waals surface area contributed by atoms with Gasteiger partial charge in [-0.25, -0.2) is 0 Å². The van der Waals surface area contributed by atoms with Crippen LogP contribution in [0.3, 0.4) is 0 Å². The van der Waals surface area contributed by atoms with E-state index in [2.05, 4.69) is 5.32 Å². The highest BCUT2D eigenvalue weighted by molar-refractivity contribution is 4.84. The Morgan fingerprint density at radius 1 is 1.22 bits per heavy atom. The minimum Gasteiger partial charge on any atom is -0.389 e. The van der Waals surface area contributed by atoms with Crippen molar-refractivity contribution in [1.29, 1.82) is 0 Å². The first-order valence-corrected chi connectivity index (χ1v) is 6.84. The van der Waals surface area contributed by atoms with Crippen LogP contribution in [0, 0.1) is 0 Å². The fraction of sp³-hybridized carbons (Fsp3) is 1.00. The predicted octanol–water partition coefficient (Wildman–Crippen LogP) is 0.295. The molecule has 1 fully saturated rings. The van der Waals surface area contributed by atoms with Gasteiger partial charge in [0.2, 0.25) is 0 Å². The van der Waals surface area contributed by atoms with Crippen molar-refractivity contribution in [3.05, 3.63) is 0 Å². The average Bonchev–Trinajstić information content (AvgIpc) is 2.35. The molecule has 3 N–H and O–H groups in total. The molecule has 0 aromatic heterocycles. The number of methoxy groups -OCH3 is 1. The molecule has 0 bridgehead atoms. The normalized spacial score (nSPS) is 20.8. The zero-order valence-corrected chi connectivity index (χ0v) is 11.4. The number of aliphatic hydroxyl groups is 2. The molecule has 1 rings (SSSR count). The van der Waals surface area contributed by atoms with Crippen molar-refractivity contribution in [2.24, 2.45) is 0 Å². The van der Waals surface area contributed by atoms with Gasteiger partial charge in [0.25, 0.3) is 0 Å². The second kappa shape index (κ2) is 8.82. The number of ether oxygens (including phenoxy) is 2. The Morgan fingerprint density at radius 3 is 2.61 bits per heavy atom. The molecule has 5 heteroatoms. The lowest BCUT2D eigenvalue weighted by molar-refractivity contribution is -0.00646. The summed E-state index contributed by atoms with van der Waals surface area (Å²) >= 11 is 0. The van der Waals surface area contributed by atoms with Gasteiger partial charge >= 0.3 is 0 Å². The van der Waals surface area contributed by atoms with Crippen LogP contribution in [0.1, 0.15) is 32.1 Å². The lowest BCUT2D eigenvalue weighted by Crippen LogP contribution is -2.44. The summed E-state index contributed by atoms with van der Waals surface area (Å²) in [6.45, 7) is 2.35. The van der Waals surface area contributed by atoms with Crippen molar-refractivity contribution >= 4 is 0 Å². The van der Waals surface area contributed by atoms with E-state index in [0.717, 1.165) is 25.7 Å². The van der Waals surface area contributed by atoms with E-state index in [-0.39, 0.29) is 0 Å². The molecule has 108 valence electrons. The van der Waals surface area contributed by atoms with E-state index < -0.39 is 11.7 Å².